The normalized spacial score (nSPS) is 12.4. The Morgan fingerprint density at radius 3 is 2.67 bits per heavy atom. The summed E-state index contributed by atoms with van der Waals surface area (Å²) in [5.74, 6) is 0. The van der Waals surface area contributed by atoms with E-state index in [1.54, 1.807) is 18.5 Å². The van der Waals surface area contributed by atoms with Crippen LogP contribution < -0.4 is 5.73 Å². The first-order valence-electron chi connectivity index (χ1n) is 5.64. The minimum absolute atomic E-state index is 0.0703. The van der Waals surface area contributed by atoms with Crippen LogP contribution in [-0.4, -0.2) is 16.0 Å². The van der Waals surface area contributed by atoms with Crippen LogP contribution in [0.3, 0.4) is 0 Å². The van der Waals surface area contributed by atoms with Crippen LogP contribution in [0.2, 0.25) is 5.02 Å². The smallest absolute Gasteiger partial charge is 0.192 e. The fraction of sp³-hybridized carbons (Fsp3) is 0.231. The monoisotopic (exact) mass is 279 g/mol. The minimum Gasteiger partial charge on any atom is -0.328 e. The fourth-order valence-corrected chi connectivity index (χ4v) is 2.79. The summed E-state index contributed by atoms with van der Waals surface area (Å²) in [6.07, 6.45) is 4.20. The predicted octanol–water partition coefficient (Wildman–Crippen LogP) is 3.17. The topological polar surface area (TPSA) is 51.8 Å². The molecule has 18 heavy (non-hydrogen) atoms. The van der Waals surface area contributed by atoms with E-state index >= 15 is 0 Å². The van der Waals surface area contributed by atoms with Gasteiger partial charge in [0.2, 0.25) is 0 Å². The first-order chi connectivity index (χ1) is 8.66. The van der Waals surface area contributed by atoms with Crippen molar-refractivity contribution in [1.82, 2.24) is 9.97 Å². The molecule has 2 rings (SSSR count). The van der Waals surface area contributed by atoms with Gasteiger partial charge in [0.25, 0.3) is 0 Å². The van der Waals surface area contributed by atoms with Crippen molar-refractivity contribution < 1.29 is 0 Å². The van der Waals surface area contributed by atoms with Gasteiger partial charge in [-0.3, -0.25) is 0 Å². The lowest BCUT2D eigenvalue weighted by Crippen LogP contribution is -2.18. The number of hydrogen-bond acceptors (Lipinski definition) is 4. The van der Waals surface area contributed by atoms with Gasteiger partial charge in [-0.15, -0.1) is 0 Å². The molecule has 3 nitrogen and oxygen atoms in total. The van der Waals surface area contributed by atoms with Crippen molar-refractivity contribution in [1.29, 1.82) is 0 Å². The highest BCUT2D eigenvalue weighted by molar-refractivity contribution is 7.99. The van der Waals surface area contributed by atoms with Gasteiger partial charge in [-0.05, 0) is 48.9 Å². The lowest BCUT2D eigenvalue weighted by molar-refractivity contribution is 0.729. The molecule has 0 saturated heterocycles. The molecule has 0 aliphatic rings. The van der Waals surface area contributed by atoms with E-state index in [1.165, 1.54) is 11.8 Å². The number of aromatic nitrogens is 2. The lowest BCUT2D eigenvalue weighted by Gasteiger charge is -2.12. The quantitative estimate of drug-likeness (QED) is 0.874. The highest BCUT2D eigenvalue weighted by Gasteiger charge is 2.11. The van der Waals surface area contributed by atoms with Crippen LogP contribution in [0.15, 0.2) is 46.7 Å². The zero-order valence-corrected chi connectivity index (χ0v) is 11.6. The summed E-state index contributed by atoms with van der Waals surface area (Å²) in [5.41, 5.74) is 6.92. The second kappa shape index (κ2) is 6.18. The Morgan fingerprint density at radius 2 is 2.00 bits per heavy atom. The van der Waals surface area contributed by atoms with Crippen LogP contribution >= 0.6 is 23.4 Å². The molecule has 0 spiro atoms. The molecule has 5 heteroatoms. The van der Waals surface area contributed by atoms with Crippen molar-refractivity contribution in [3.05, 3.63) is 47.2 Å². The Balaban J connectivity index is 2.30. The number of halogens is 1. The van der Waals surface area contributed by atoms with Gasteiger partial charge in [0.1, 0.15) is 0 Å². The molecule has 2 aromatic rings. The highest BCUT2D eigenvalue weighted by Crippen LogP contribution is 2.32. The van der Waals surface area contributed by atoms with Gasteiger partial charge in [0.15, 0.2) is 5.16 Å². The van der Waals surface area contributed by atoms with Gasteiger partial charge in [-0.2, -0.15) is 0 Å². The summed E-state index contributed by atoms with van der Waals surface area (Å²) in [4.78, 5) is 9.46. The van der Waals surface area contributed by atoms with Crippen LogP contribution in [0.25, 0.3) is 0 Å². The zero-order valence-electron chi connectivity index (χ0n) is 10.0. The second-order valence-electron chi connectivity index (χ2n) is 4.03. The Hall–Kier alpha value is -1.10. The van der Waals surface area contributed by atoms with Gasteiger partial charge < -0.3 is 5.73 Å². The van der Waals surface area contributed by atoms with Crippen LogP contribution in [0.1, 0.15) is 12.5 Å². The van der Waals surface area contributed by atoms with E-state index < -0.39 is 0 Å². The van der Waals surface area contributed by atoms with E-state index in [4.69, 9.17) is 17.3 Å². The Kier molecular flexibility index (Phi) is 4.58. The van der Waals surface area contributed by atoms with E-state index in [9.17, 15) is 0 Å². The molecule has 0 amide bonds. The van der Waals surface area contributed by atoms with E-state index in [0.29, 0.717) is 5.16 Å². The van der Waals surface area contributed by atoms with E-state index in [0.717, 1.165) is 21.9 Å². The Morgan fingerprint density at radius 1 is 1.28 bits per heavy atom. The van der Waals surface area contributed by atoms with Crippen molar-refractivity contribution in [2.45, 2.75) is 29.4 Å². The summed E-state index contributed by atoms with van der Waals surface area (Å²) in [7, 11) is 0. The van der Waals surface area contributed by atoms with Gasteiger partial charge in [-0.1, -0.05) is 17.7 Å². The van der Waals surface area contributed by atoms with Crippen molar-refractivity contribution in [3.63, 3.8) is 0 Å². The molecule has 1 aromatic heterocycles. The first kappa shape index (κ1) is 13.3. The molecule has 0 aliphatic heterocycles. The molecule has 0 radical (unpaired) electrons. The molecule has 0 bridgehead atoms. The average molecular weight is 280 g/mol. The van der Waals surface area contributed by atoms with Crippen LogP contribution in [0, 0.1) is 0 Å². The van der Waals surface area contributed by atoms with Gasteiger partial charge in [0, 0.05) is 28.4 Å². The zero-order chi connectivity index (χ0) is 13.0. The second-order valence-corrected chi connectivity index (χ2v) is 5.45. The molecular weight excluding hydrogens is 266 g/mol. The van der Waals surface area contributed by atoms with Crippen molar-refractivity contribution in [2.24, 2.45) is 5.73 Å². The number of nitrogens with zero attached hydrogens (tertiary/aromatic N) is 2. The van der Waals surface area contributed by atoms with Crippen molar-refractivity contribution in [2.75, 3.05) is 0 Å². The van der Waals surface area contributed by atoms with E-state index in [2.05, 4.69) is 9.97 Å². The molecule has 1 aromatic carbocycles. The van der Waals surface area contributed by atoms with Crippen LogP contribution in [0.5, 0.6) is 0 Å². The number of benzene rings is 1. The fourth-order valence-electron chi connectivity index (χ4n) is 1.59. The average Bonchev–Trinajstić information content (AvgIpc) is 2.34. The largest absolute Gasteiger partial charge is 0.328 e. The molecule has 0 saturated carbocycles. The Labute approximate surface area is 116 Å². The van der Waals surface area contributed by atoms with E-state index in [-0.39, 0.29) is 6.04 Å². The maximum atomic E-state index is 6.23. The third-order valence-electron chi connectivity index (χ3n) is 2.35. The molecule has 1 heterocycles. The minimum atomic E-state index is 0.0703. The first-order valence-corrected chi connectivity index (χ1v) is 6.84. The molecule has 0 aliphatic carbocycles. The van der Waals surface area contributed by atoms with E-state index in [1.807, 2.05) is 25.1 Å². The predicted molar refractivity (Wildman–Crippen MR) is 75.0 cm³/mol. The summed E-state index contributed by atoms with van der Waals surface area (Å²) in [6, 6.07) is 7.70. The van der Waals surface area contributed by atoms with Crippen molar-refractivity contribution in [3.8, 4) is 0 Å². The standard InChI is InChI=1S/C13H14ClN3S/c1-9(15)8-10-11(14)4-2-5-12(10)18-13-16-6-3-7-17-13/h2-7,9H,8,15H2,1H3. The summed E-state index contributed by atoms with van der Waals surface area (Å²) in [6.45, 7) is 1.97. The SMILES string of the molecule is CC(N)Cc1c(Cl)cccc1Sc1ncccn1. The van der Waals surface area contributed by atoms with Crippen molar-refractivity contribution >= 4 is 23.4 Å². The third-order valence-corrected chi connectivity index (χ3v) is 3.70. The van der Waals surface area contributed by atoms with Gasteiger partial charge >= 0.3 is 0 Å². The number of rotatable bonds is 4. The maximum absolute atomic E-state index is 6.23. The number of nitrogens with two attached hydrogens (primary N) is 1. The van der Waals surface area contributed by atoms with Crippen LogP contribution in [0.4, 0.5) is 0 Å². The Bertz CT molecular complexity index is 517. The third kappa shape index (κ3) is 3.45. The van der Waals surface area contributed by atoms with Gasteiger partial charge in [-0.25, -0.2) is 9.97 Å². The molecule has 1 unspecified atom stereocenters. The number of hydrogen-bond donors (Lipinski definition) is 1. The summed E-state index contributed by atoms with van der Waals surface area (Å²) in [5, 5.41) is 1.46. The summed E-state index contributed by atoms with van der Waals surface area (Å²) >= 11 is 7.74. The summed E-state index contributed by atoms with van der Waals surface area (Å²) < 4.78 is 0. The molecule has 2 N–H and O–H groups in total. The molecule has 94 valence electrons. The lowest BCUT2D eigenvalue weighted by atomic mass is 10.1. The maximum Gasteiger partial charge on any atom is 0.192 e. The van der Waals surface area contributed by atoms with Gasteiger partial charge in [0.05, 0.1) is 0 Å². The molecular formula is C13H14ClN3S. The molecule has 0 fully saturated rings. The van der Waals surface area contributed by atoms with Crippen LogP contribution in [-0.2, 0) is 6.42 Å². The molecule has 1 atom stereocenters. The highest BCUT2D eigenvalue weighted by atomic mass is 35.5.